The molecule has 0 bridgehead atoms. The first-order valence-corrected chi connectivity index (χ1v) is 7.51. The van der Waals surface area contributed by atoms with Crippen molar-refractivity contribution in [2.45, 2.75) is 13.0 Å². The predicted octanol–water partition coefficient (Wildman–Crippen LogP) is 4.78. The van der Waals surface area contributed by atoms with E-state index in [9.17, 15) is 4.39 Å². The van der Waals surface area contributed by atoms with Gasteiger partial charge in [-0.3, -0.25) is 0 Å². The van der Waals surface area contributed by atoms with Crippen LogP contribution < -0.4 is 5.32 Å². The van der Waals surface area contributed by atoms with Crippen molar-refractivity contribution in [3.8, 4) is 0 Å². The van der Waals surface area contributed by atoms with Crippen molar-refractivity contribution in [2.75, 3.05) is 6.54 Å². The minimum atomic E-state index is -0.225. The van der Waals surface area contributed by atoms with Crippen LogP contribution in [0, 0.1) is 9.39 Å². The summed E-state index contributed by atoms with van der Waals surface area (Å²) in [6, 6.07) is 12.4. The van der Waals surface area contributed by atoms with Crippen LogP contribution >= 0.6 is 34.2 Å². The number of hydrogen-bond donors (Lipinski definition) is 1. The molecule has 1 atom stereocenters. The molecule has 0 saturated heterocycles. The van der Waals surface area contributed by atoms with Crippen molar-refractivity contribution >= 4 is 34.2 Å². The van der Waals surface area contributed by atoms with Crippen molar-refractivity contribution in [1.29, 1.82) is 0 Å². The minimum absolute atomic E-state index is 0.0497. The van der Waals surface area contributed by atoms with Crippen LogP contribution in [0.2, 0.25) is 5.02 Å². The minimum Gasteiger partial charge on any atom is -0.306 e. The molecule has 19 heavy (non-hydrogen) atoms. The van der Waals surface area contributed by atoms with Gasteiger partial charge in [-0.05, 0) is 70.6 Å². The molecule has 0 saturated carbocycles. The molecule has 0 fully saturated rings. The van der Waals surface area contributed by atoms with Crippen LogP contribution in [0.1, 0.15) is 24.1 Å². The molecule has 0 spiro atoms. The SMILES string of the molecule is CCNC(c1cccc(F)c1)c1cc(Cl)ccc1I. The van der Waals surface area contributed by atoms with E-state index in [2.05, 4.69) is 27.9 Å². The summed E-state index contributed by atoms with van der Waals surface area (Å²) in [7, 11) is 0. The van der Waals surface area contributed by atoms with Gasteiger partial charge in [-0.1, -0.05) is 30.7 Å². The number of benzene rings is 2. The van der Waals surface area contributed by atoms with Crippen LogP contribution in [0.5, 0.6) is 0 Å². The Morgan fingerprint density at radius 3 is 2.74 bits per heavy atom. The van der Waals surface area contributed by atoms with Crippen LogP contribution in [0.3, 0.4) is 0 Å². The molecule has 0 aromatic heterocycles. The molecule has 4 heteroatoms. The van der Waals surface area contributed by atoms with E-state index in [1.54, 1.807) is 12.1 Å². The smallest absolute Gasteiger partial charge is 0.123 e. The van der Waals surface area contributed by atoms with E-state index >= 15 is 0 Å². The fraction of sp³-hybridized carbons (Fsp3) is 0.200. The Bertz CT molecular complexity index is 574. The quantitative estimate of drug-likeness (QED) is 0.742. The molecule has 0 radical (unpaired) electrons. The topological polar surface area (TPSA) is 12.0 Å². The summed E-state index contributed by atoms with van der Waals surface area (Å²) in [5.41, 5.74) is 1.97. The van der Waals surface area contributed by atoms with E-state index in [1.165, 1.54) is 6.07 Å². The van der Waals surface area contributed by atoms with E-state index in [0.717, 1.165) is 21.2 Å². The van der Waals surface area contributed by atoms with Gasteiger partial charge >= 0.3 is 0 Å². The molecule has 0 aliphatic heterocycles. The van der Waals surface area contributed by atoms with Gasteiger partial charge in [-0.15, -0.1) is 0 Å². The first kappa shape index (κ1) is 14.8. The molecule has 2 rings (SSSR count). The summed E-state index contributed by atoms with van der Waals surface area (Å²) >= 11 is 8.35. The normalized spacial score (nSPS) is 12.4. The van der Waals surface area contributed by atoms with E-state index in [4.69, 9.17) is 11.6 Å². The molecular formula is C15H14ClFIN. The zero-order valence-electron chi connectivity index (χ0n) is 10.5. The molecule has 0 aliphatic carbocycles. The highest BCUT2D eigenvalue weighted by atomic mass is 127. The van der Waals surface area contributed by atoms with Crippen molar-refractivity contribution in [1.82, 2.24) is 5.32 Å². The van der Waals surface area contributed by atoms with E-state index in [0.29, 0.717) is 5.02 Å². The maximum absolute atomic E-state index is 13.4. The van der Waals surface area contributed by atoms with Crippen LogP contribution in [-0.4, -0.2) is 6.54 Å². The Hall–Kier alpha value is -0.650. The molecule has 0 heterocycles. The van der Waals surface area contributed by atoms with Gasteiger partial charge in [0.05, 0.1) is 6.04 Å². The van der Waals surface area contributed by atoms with Crippen molar-refractivity contribution in [3.63, 3.8) is 0 Å². The van der Waals surface area contributed by atoms with Gasteiger partial charge in [0.25, 0.3) is 0 Å². The lowest BCUT2D eigenvalue weighted by atomic mass is 9.98. The van der Waals surface area contributed by atoms with Gasteiger partial charge < -0.3 is 5.32 Å². The lowest BCUT2D eigenvalue weighted by Crippen LogP contribution is -2.23. The van der Waals surface area contributed by atoms with Gasteiger partial charge in [0.1, 0.15) is 5.82 Å². The number of nitrogens with one attached hydrogen (secondary N) is 1. The second kappa shape index (κ2) is 6.68. The van der Waals surface area contributed by atoms with Gasteiger partial charge in [-0.25, -0.2) is 4.39 Å². The van der Waals surface area contributed by atoms with E-state index < -0.39 is 0 Å². The van der Waals surface area contributed by atoms with Crippen molar-refractivity contribution in [3.05, 3.63) is 68.0 Å². The van der Waals surface area contributed by atoms with Gasteiger partial charge in [-0.2, -0.15) is 0 Å². The van der Waals surface area contributed by atoms with Gasteiger partial charge in [0.2, 0.25) is 0 Å². The van der Waals surface area contributed by atoms with Gasteiger partial charge in [0.15, 0.2) is 0 Å². The molecule has 2 aromatic rings. The van der Waals surface area contributed by atoms with Gasteiger partial charge in [0, 0.05) is 8.59 Å². The second-order valence-corrected chi connectivity index (χ2v) is 5.81. The standard InChI is InChI=1S/C15H14ClFIN/c1-2-19-15(10-4-3-5-12(17)8-10)13-9-11(16)6-7-14(13)18/h3-9,15,19H,2H2,1H3. The summed E-state index contributed by atoms with van der Waals surface area (Å²) in [6.45, 7) is 2.83. The van der Waals surface area contributed by atoms with E-state index in [-0.39, 0.29) is 11.9 Å². The van der Waals surface area contributed by atoms with Crippen LogP contribution in [0.25, 0.3) is 0 Å². The third-order valence-electron chi connectivity index (χ3n) is 2.86. The number of hydrogen-bond acceptors (Lipinski definition) is 1. The van der Waals surface area contributed by atoms with Crippen LogP contribution in [0.15, 0.2) is 42.5 Å². The lowest BCUT2D eigenvalue weighted by Gasteiger charge is -2.20. The molecule has 0 aliphatic rings. The fourth-order valence-electron chi connectivity index (χ4n) is 2.03. The first-order chi connectivity index (χ1) is 9.11. The maximum atomic E-state index is 13.4. The average molecular weight is 390 g/mol. The van der Waals surface area contributed by atoms with Crippen molar-refractivity contribution in [2.24, 2.45) is 0 Å². The molecule has 1 unspecified atom stereocenters. The first-order valence-electron chi connectivity index (χ1n) is 6.05. The lowest BCUT2D eigenvalue weighted by molar-refractivity contribution is 0.602. The molecule has 1 N–H and O–H groups in total. The van der Waals surface area contributed by atoms with Crippen LogP contribution in [-0.2, 0) is 0 Å². The highest BCUT2D eigenvalue weighted by Gasteiger charge is 2.16. The van der Waals surface area contributed by atoms with E-state index in [1.807, 2.05) is 31.2 Å². The molecule has 0 amide bonds. The second-order valence-electron chi connectivity index (χ2n) is 4.21. The highest BCUT2D eigenvalue weighted by Crippen LogP contribution is 2.29. The Morgan fingerprint density at radius 1 is 1.26 bits per heavy atom. The third kappa shape index (κ3) is 3.68. The number of halogens is 3. The zero-order valence-corrected chi connectivity index (χ0v) is 13.4. The summed E-state index contributed by atoms with van der Waals surface area (Å²) < 4.78 is 14.5. The summed E-state index contributed by atoms with van der Waals surface area (Å²) in [5, 5.41) is 4.07. The summed E-state index contributed by atoms with van der Waals surface area (Å²) in [5.74, 6) is -0.225. The summed E-state index contributed by atoms with van der Waals surface area (Å²) in [6.07, 6.45) is 0. The third-order valence-corrected chi connectivity index (χ3v) is 4.08. The largest absolute Gasteiger partial charge is 0.306 e. The maximum Gasteiger partial charge on any atom is 0.123 e. The molecular weight excluding hydrogens is 376 g/mol. The number of rotatable bonds is 4. The molecule has 100 valence electrons. The van der Waals surface area contributed by atoms with Crippen molar-refractivity contribution < 1.29 is 4.39 Å². The van der Waals surface area contributed by atoms with Crippen LogP contribution in [0.4, 0.5) is 4.39 Å². The molecule has 1 nitrogen and oxygen atoms in total. The Kier molecular flexibility index (Phi) is 5.19. The average Bonchev–Trinajstić information content (AvgIpc) is 2.39. The Balaban J connectivity index is 2.48. The summed E-state index contributed by atoms with van der Waals surface area (Å²) in [4.78, 5) is 0. The Labute approximate surface area is 131 Å². The Morgan fingerprint density at radius 2 is 2.05 bits per heavy atom. The highest BCUT2D eigenvalue weighted by molar-refractivity contribution is 14.1. The predicted molar refractivity (Wildman–Crippen MR) is 86.1 cm³/mol. The molecule has 2 aromatic carbocycles. The monoisotopic (exact) mass is 389 g/mol. The fourth-order valence-corrected chi connectivity index (χ4v) is 2.86. The zero-order chi connectivity index (χ0) is 13.8.